The number of hydrogen-bond donors (Lipinski definition) is 2. The van der Waals surface area contributed by atoms with Crippen molar-refractivity contribution in [3.05, 3.63) is 17.7 Å². The first kappa shape index (κ1) is 14.3. The Morgan fingerprint density at radius 2 is 1.89 bits per heavy atom. The Bertz CT molecular complexity index is 419. The maximum atomic E-state index is 11.7. The van der Waals surface area contributed by atoms with Crippen molar-refractivity contribution in [1.29, 1.82) is 0 Å². The lowest BCUT2D eigenvalue weighted by Crippen LogP contribution is -2.19. The first-order valence-electron chi connectivity index (χ1n) is 5.79. The Morgan fingerprint density at radius 3 is 2.44 bits per heavy atom. The molecule has 5 heteroatoms. The number of aryl methyl sites for hydroxylation is 1. The highest BCUT2D eigenvalue weighted by molar-refractivity contribution is 5.92. The highest BCUT2D eigenvalue weighted by atomic mass is 16.5. The number of benzene rings is 1. The molecule has 0 heterocycles. The predicted molar refractivity (Wildman–Crippen MR) is 71.5 cm³/mol. The van der Waals surface area contributed by atoms with E-state index in [-0.39, 0.29) is 5.91 Å². The van der Waals surface area contributed by atoms with E-state index in [0.29, 0.717) is 24.4 Å². The topological polar surface area (TPSA) is 59.6 Å². The largest absolute Gasteiger partial charge is 0.496 e. The molecule has 0 saturated carbocycles. The Labute approximate surface area is 107 Å². The number of rotatable bonds is 6. The second-order valence-corrected chi connectivity index (χ2v) is 3.92. The molecule has 1 amide bonds. The van der Waals surface area contributed by atoms with E-state index in [4.69, 9.17) is 9.47 Å². The molecule has 18 heavy (non-hydrogen) atoms. The van der Waals surface area contributed by atoms with Gasteiger partial charge in [-0.2, -0.15) is 0 Å². The van der Waals surface area contributed by atoms with Crippen molar-refractivity contribution in [2.75, 3.05) is 33.1 Å². The molecule has 0 saturated heterocycles. The first-order valence-corrected chi connectivity index (χ1v) is 5.79. The van der Waals surface area contributed by atoms with E-state index in [1.165, 1.54) is 0 Å². The standard InChI is InChI=1S/C13H20N2O3/c1-9-7-12(18-4)10(8-11(9)17-3)15-13(16)5-6-14-2/h7-8,14H,5-6H2,1-4H3,(H,15,16). The lowest BCUT2D eigenvalue weighted by molar-refractivity contribution is -0.116. The van der Waals surface area contributed by atoms with Gasteiger partial charge in [0.1, 0.15) is 11.5 Å². The highest BCUT2D eigenvalue weighted by Gasteiger charge is 2.11. The fourth-order valence-corrected chi connectivity index (χ4v) is 1.60. The summed E-state index contributed by atoms with van der Waals surface area (Å²) in [6, 6.07) is 3.61. The number of amides is 1. The minimum Gasteiger partial charge on any atom is -0.496 e. The summed E-state index contributed by atoms with van der Waals surface area (Å²) in [7, 11) is 4.98. The second-order valence-electron chi connectivity index (χ2n) is 3.92. The third-order valence-electron chi connectivity index (χ3n) is 2.59. The molecule has 1 aromatic rings. The molecule has 0 unspecified atom stereocenters. The van der Waals surface area contributed by atoms with E-state index in [9.17, 15) is 4.79 Å². The fourth-order valence-electron chi connectivity index (χ4n) is 1.60. The van der Waals surface area contributed by atoms with Gasteiger partial charge in [-0.1, -0.05) is 0 Å². The average Bonchev–Trinajstić information content (AvgIpc) is 2.37. The van der Waals surface area contributed by atoms with Crippen molar-refractivity contribution in [3.63, 3.8) is 0 Å². The van der Waals surface area contributed by atoms with Gasteiger partial charge < -0.3 is 20.1 Å². The van der Waals surface area contributed by atoms with Crippen LogP contribution in [0.1, 0.15) is 12.0 Å². The van der Waals surface area contributed by atoms with Crippen LogP contribution in [-0.2, 0) is 4.79 Å². The van der Waals surface area contributed by atoms with Crippen LogP contribution in [0.3, 0.4) is 0 Å². The van der Waals surface area contributed by atoms with Crippen LogP contribution in [0.15, 0.2) is 12.1 Å². The van der Waals surface area contributed by atoms with Gasteiger partial charge in [0.05, 0.1) is 19.9 Å². The quantitative estimate of drug-likeness (QED) is 0.806. The number of hydrogen-bond acceptors (Lipinski definition) is 4. The maximum absolute atomic E-state index is 11.7. The van der Waals surface area contributed by atoms with Crippen LogP contribution < -0.4 is 20.1 Å². The molecule has 0 atom stereocenters. The zero-order valence-electron chi connectivity index (χ0n) is 11.3. The van der Waals surface area contributed by atoms with Crippen molar-refractivity contribution < 1.29 is 14.3 Å². The molecular formula is C13H20N2O3. The molecule has 0 aliphatic heterocycles. The Kier molecular flexibility index (Phi) is 5.45. The van der Waals surface area contributed by atoms with Gasteiger partial charge in [0.2, 0.25) is 5.91 Å². The van der Waals surface area contributed by atoms with Gasteiger partial charge in [0.25, 0.3) is 0 Å². The van der Waals surface area contributed by atoms with E-state index < -0.39 is 0 Å². The predicted octanol–water partition coefficient (Wildman–Crippen LogP) is 1.56. The van der Waals surface area contributed by atoms with Crippen LogP contribution in [0.2, 0.25) is 0 Å². The number of carbonyl (C=O) groups is 1. The molecule has 1 aromatic carbocycles. The minimum atomic E-state index is -0.0615. The molecule has 0 aliphatic carbocycles. The molecule has 0 radical (unpaired) electrons. The van der Waals surface area contributed by atoms with Gasteiger partial charge in [-0.15, -0.1) is 0 Å². The van der Waals surface area contributed by atoms with Gasteiger partial charge in [-0.25, -0.2) is 0 Å². The molecule has 0 bridgehead atoms. The van der Waals surface area contributed by atoms with Crippen LogP contribution in [0.25, 0.3) is 0 Å². The van der Waals surface area contributed by atoms with Crippen molar-refractivity contribution >= 4 is 11.6 Å². The minimum absolute atomic E-state index is 0.0615. The average molecular weight is 252 g/mol. The number of nitrogens with one attached hydrogen (secondary N) is 2. The molecule has 0 spiro atoms. The SMILES string of the molecule is CNCCC(=O)Nc1cc(OC)c(C)cc1OC. The first-order chi connectivity index (χ1) is 8.62. The summed E-state index contributed by atoms with van der Waals surface area (Å²) < 4.78 is 10.5. The van der Waals surface area contributed by atoms with Crippen LogP contribution in [0.4, 0.5) is 5.69 Å². The summed E-state index contributed by atoms with van der Waals surface area (Å²) in [6.07, 6.45) is 0.413. The van der Waals surface area contributed by atoms with Crippen molar-refractivity contribution in [1.82, 2.24) is 5.32 Å². The van der Waals surface area contributed by atoms with Gasteiger partial charge in [0, 0.05) is 19.0 Å². The van der Waals surface area contributed by atoms with Crippen LogP contribution in [-0.4, -0.2) is 33.7 Å². The Morgan fingerprint density at radius 1 is 1.22 bits per heavy atom. The van der Waals surface area contributed by atoms with E-state index in [1.807, 2.05) is 20.0 Å². The summed E-state index contributed by atoms with van der Waals surface area (Å²) in [4.78, 5) is 11.7. The maximum Gasteiger partial charge on any atom is 0.225 e. The summed E-state index contributed by atoms with van der Waals surface area (Å²) >= 11 is 0. The Hall–Kier alpha value is -1.75. The summed E-state index contributed by atoms with van der Waals surface area (Å²) in [5.41, 5.74) is 1.59. The number of methoxy groups -OCH3 is 2. The molecule has 5 nitrogen and oxygen atoms in total. The van der Waals surface area contributed by atoms with E-state index in [2.05, 4.69) is 10.6 Å². The third-order valence-corrected chi connectivity index (χ3v) is 2.59. The van der Waals surface area contributed by atoms with E-state index in [0.717, 1.165) is 11.3 Å². The van der Waals surface area contributed by atoms with E-state index >= 15 is 0 Å². The molecule has 1 rings (SSSR count). The van der Waals surface area contributed by atoms with Gasteiger partial charge in [-0.05, 0) is 25.6 Å². The molecule has 0 aliphatic rings. The summed E-state index contributed by atoms with van der Waals surface area (Å²) in [5.74, 6) is 1.29. The molecular weight excluding hydrogens is 232 g/mol. The lowest BCUT2D eigenvalue weighted by atomic mass is 10.2. The lowest BCUT2D eigenvalue weighted by Gasteiger charge is -2.13. The Balaban J connectivity index is 2.89. The molecule has 0 fully saturated rings. The van der Waals surface area contributed by atoms with Crippen molar-refractivity contribution in [2.24, 2.45) is 0 Å². The van der Waals surface area contributed by atoms with Crippen LogP contribution in [0, 0.1) is 6.92 Å². The van der Waals surface area contributed by atoms with Gasteiger partial charge >= 0.3 is 0 Å². The zero-order chi connectivity index (χ0) is 13.5. The molecule has 2 N–H and O–H groups in total. The monoisotopic (exact) mass is 252 g/mol. The summed E-state index contributed by atoms with van der Waals surface area (Å²) in [6.45, 7) is 2.56. The van der Waals surface area contributed by atoms with Crippen molar-refractivity contribution in [3.8, 4) is 11.5 Å². The van der Waals surface area contributed by atoms with Crippen molar-refractivity contribution in [2.45, 2.75) is 13.3 Å². The zero-order valence-corrected chi connectivity index (χ0v) is 11.3. The number of anilines is 1. The van der Waals surface area contributed by atoms with Gasteiger partial charge in [0.15, 0.2) is 0 Å². The smallest absolute Gasteiger partial charge is 0.225 e. The number of ether oxygens (including phenoxy) is 2. The van der Waals surface area contributed by atoms with Crippen LogP contribution in [0.5, 0.6) is 11.5 Å². The second kappa shape index (κ2) is 6.86. The molecule has 100 valence electrons. The summed E-state index contributed by atoms with van der Waals surface area (Å²) in [5, 5.41) is 5.74. The fraction of sp³-hybridized carbons (Fsp3) is 0.462. The normalized spacial score (nSPS) is 10.0. The third kappa shape index (κ3) is 3.63. The number of carbonyl (C=O) groups excluding carboxylic acids is 1. The van der Waals surface area contributed by atoms with Crippen LogP contribution >= 0.6 is 0 Å². The molecule has 0 aromatic heterocycles. The van der Waals surface area contributed by atoms with E-state index in [1.54, 1.807) is 20.3 Å². The van der Waals surface area contributed by atoms with Gasteiger partial charge in [-0.3, -0.25) is 4.79 Å². The highest BCUT2D eigenvalue weighted by Crippen LogP contribution is 2.32.